The molecule has 7 heteroatoms. The van der Waals surface area contributed by atoms with Crippen LogP contribution in [0, 0.1) is 11.3 Å². The average molecular weight is 221 g/mol. The molecule has 5 nitrogen and oxygen atoms in total. The van der Waals surface area contributed by atoms with Gasteiger partial charge in [-0.1, -0.05) is 6.07 Å². The third kappa shape index (κ3) is 4.60. The second kappa shape index (κ2) is 5.34. The molecule has 0 fully saturated rings. The molecule has 0 saturated heterocycles. The van der Waals surface area contributed by atoms with E-state index < -0.39 is 10.3 Å². The van der Waals surface area contributed by atoms with Crippen molar-refractivity contribution in [1.82, 2.24) is 0 Å². The zero-order chi connectivity index (χ0) is 9.90. The summed E-state index contributed by atoms with van der Waals surface area (Å²) in [6.07, 6.45) is 0. The number of nitriles is 1. The van der Waals surface area contributed by atoms with Crippen molar-refractivity contribution < 1.29 is 12.6 Å². The van der Waals surface area contributed by atoms with Gasteiger partial charge in [0.15, 0.2) is 0 Å². The maximum absolute atomic E-state index is 10.5. The summed E-state index contributed by atoms with van der Waals surface area (Å²) in [5.41, 5.74) is 0.307. The zero-order valence-electron chi connectivity index (χ0n) is 7.47. The van der Waals surface area contributed by atoms with Gasteiger partial charge in [-0.2, -0.15) is 18.8 Å². The summed E-state index contributed by atoms with van der Waals surface area (Å²) in [7, 11) is -4.01. The minimum absolute atomic E-state index is 0. The Kier molecular flexibility index (Phi) is 5.12. The summed E-state index contributed by atoms with van der Waals surface area (Å²) in [5, 5.41) is 13.1. The van der Waals surface area contributed by atoms with Gasteiger partial charge in [0.25, 0.3) is 0 Å². The van der Waals surface area contributed by atoms with Crippen LogP contribution >= 0.6 is 0 Å². The van der Waals surface area contributed by atoms with Gasteiger partial charge in [0, 0.05) is 29.6 Å². The van der Waals surface area contributed by atoms with Gasteiger partial charge in [0.2, 0.25) is 0 Å². The minimum atomic E-state index is -4.01. The fraction of sp³-hybridized carbons (Fsp3) is 0. The van der Waals surface area contributed by atoms with Crippen molar-refractivity contribution in [3.8, 4) is 11.8 Å². The predicted molar refractivity (Wildman–Crippen MR) is 50.6 cm³/mol. The predicted octanol–water partition coefficient (Wildman–Crippen LogP) is -0.240. The van der Waals surface area contributed by atoms with Gasteiger partial charge in [-0.15, -0.1) is 0 Å². The van der Waals surface area contributed by atoms with Crippen LogP contribution in [0.5, 0.6) is 5.75 Å². The molecule has 0 aliphatic rings. The molecule has 1 radical (unpaired) electrons. The Labute approximate surface area is 104 Å². The van der Waals surface area contributed by atoms with Crippen LogP contribution in [0.15, 0.2) is 24.3 Å². The molecule has 0 spiro atoms. The summed E-state index contributed by atoms with van der Waals surface area (Å²) >= 11 is 0. The number of benzene rings is 1. The largest absolute Gasteiger partial charge is 0.380 e. The van der Waals surface area contributed by atoms with E-state index in [-0.39, 0.29) is 35.3 Å². The van der Waals surface area contributed by atoms with Gasteiger partial charge in [-0.25, -0.2) is 0 Å². The first kappa shape index (κ1) is 13.4. The van der Waals surface area contributed by atoms with Crippen LogP contribution in [0.2, 0.25) is 0 Å². The molecule has 0 aromatic heterocycles. The molecule has 1 rings (SSSR count). The quantitative estimate of drug-likeness (QED) is 0.697. The number of hydrogen-bond donors (Lipinski definition) is 1. The molecular formula is C7H6N2NaO3S. The Morgan fingerprint density at radius 3 is 2.57 bits per heavy atom. The van der Waals surface area contributed by atoms with E-state index in [9.17, 15) is 8.42 Å². The van der Waals surface area contributed by atoms with Crippen molar-refractivity contribution in [3.05, 3.63) is 29.8 Å². The van der Waals surface area contributed by atoms with Crippen molar-refractivity contribution in [3.63, 3.8) is 0 Å². The molecule has 1 aromatic carbocycles. The summed E-state index contributed by atoms with van der Waals surface area (Å²) in [6, 6.07) is 7.54. The molecule has 1 aromatic rings. The molecule has 69 valence electrons. The first-order chi connectivity index (χ1) is 6.01. The van der Waals surface area contributed by atoms with Crippen LogP contribution < -0.4 is 9.32 Å². The Bertz CT molecular complexity index is 452. The number of nitrogens with zero attached hydrogens (tertiary/aromatic N) is 1. The SMILES string of the molecule is N#Cc1cccc(OS(N)(=O)=O)c1.[Na]. The van der Waals surface area contributed by atoms with Gasteiger partial charge in [0.05, 0.1) is 11.6 Å². The maximum Gasteiger partial charge on any atom is 0.380 e. The van der Waals surface area contributed by atoms with Crippen LogP contribution in [-0.4, -0.2) is 38.0 Å². The van der Waals surface area contributed by atoms with Gasteiger partial charge in [0.1, 0.15) is 5.75 Å². The zero-order valence-corrected chi connectivity index (χ0v) is 10.3. The second-order valence-corrected chi connectivity index (χ2v) is 3.37. The van der Waals surface area contributed by atoms with Crippen molar-refractivity contribution in [1.29, 1.82) is 5.26 Å². The van der Waals surface area contributed by atoms with E-state index >= 15 is 0 Å². The molecular weight excluding hydrogens is 215 g/mol. The van der Waals surface area contributed by atoms with Gasteiger partial charge >= 0.3 is 10.3 Å². The van der Waals surface area contributed by atoms with Gasteiger partial charge < -0.3 is 4.18 Å². The fourth-order valence-electron chi connectivity index (χ4n) is 0.752. The molecule has 2 N–H and O–H groups in total. The fourth-order valence-corrected chi connectivity index (χ4v) is 1.12. The summed E-state index contributed by atoms with van der Waals surface area (Å²) in [5.74, 6) is 0.0292. The monoisotopic (exact) mass is 221 g/mol. The van der Waals surface area contributed by atoms with Crippen molar-refractivity contribution >= 4 is 39.9 Å². The molecule has 0 unspecified atom stereocenters. The Morgan fingerprint density at radius 1 is 1.43 bits per heavy atom. The van der Waals surface area contributed by atoms with Crippen LogP contribution in [0.4, 0.5) is 0 Å². The van der Waals surface area contributed by atoms with E-state index in [0.29, 0.717) is 5.56 Å². The molecule has 0 aliphatic carbocycles. The van der Waals surface area contributed by atoms with Crippen LogP contribution in [0.3, 0.4) is 0 Å². The second-order valence-electron chi connectivity index (χ2n) is 2.22. The number of hydrogen-bond acceptors (Lipinski definition) is 4. The molecule has 0 amide bonds. The first-order valence-corrected chi connectivity index (χ1v) is 4.71. The maximum atomic E-state index is 10.5. The van der Waals surface area contributed by atoms with E-state index in [1.165, 1.54) is 24.3 Å². The topological polar surface area (TPSA) is 93.2 Å². The minimum Gasteiger partial charge on any atom is -0.371 e. The van der Waals surface area contributed by atoms with E-state index in [2.05, 4.69) is 9.32 Å². The molecule has 0 bridgehead atoms. The number of rotatable bonds is 2. The average Bonchev–Trinajstić information content (AvgIpc) is 2.01. The molecule has 14 heavy (non-hydrogen) atoms. The molecule has 0 saturated carbocycles. The standard InChI is InChI=1S/C7H6N2O3S.Na/c8-5-6-2-1-3-7(4-6)12-13(9,10)11;/h1-4H,(H2,9,10,11);. The Balaban J connectivity index is 0.00000169. The molecule has 0 heterocycles. The third-order valence-electron chi connectivity index (χ3n) is 1.18. The Hall–Kier alpha value is -0.580. The summed E-state index contributed by atoms with van der Waals surface area (Å²) in [6.45, 7) is 0. The van der Waals surface area contributed by atoms with Crippen LogP contribution in [0.25, 0.3) is 0 Å². The number of nitrogens with two attached hydrogens (primary N) is 1. The van der Waals surface area contributed by atoms with Crippen LogP contribution in [0.1, 0.15) is 5.56 Å². The van der Waals surface area contributed by atoms with Crippen molar-refractivity contribution in [2.45, 2.75) is 0 Å². The van der Waals surface area contributed by atoms with Gasteiger partial charge in [-0.3, -0.25) is 0 Å². The Morgan fingerprint density at radius 2 is 2.07 bits per heavy atom. The summed E-state index contributed by atoms with van der Waals surface area (Å²) < 4.78 is 25.3. The smallest absolute Gasteiger partial charge is 0.371 e. The third-order valence-corrected chi connectivity index (χ3v) is 1.60. The van der Waals surface area contributed by atoms with Gasteiger partial charge in [-0.05, 0) is 18.2 Å². The van der Waals surface area contributed by atoms with Crippen LogP contribution in [-0.2, 0) is 10.3 Å². The first-order valence-electron chi connectivity index (χ1n) is 3.23. The van der Waals surface area contributed by atoms with E-state index in [1.807, 2.05) is 6.07 Å². The van der Waals surface area contributed by atoms with Crippen molar-refractivity contribution in [2.24, 2.45) is 5.14 Å². The van der Waals surface area contributed by atoms with E-state index in [1.54, 1.807) is 0 Å². The normalized spacial score (nSPS) is 9.71. The molecule has 0 atom stereocenters. The van der Waals surface area contributed by atoms with Crippen molar-refractivity contribution in [2.75, 3.05) is 0 Å². The molecule has 0 aliphatic heterocycles. The summed E-state index contributed by atoms with van der Waals surface area (Å²) in [4.78, 5) is 0. The van der Waals surface area contributed by atoms with E-state index in [0.717, 1.165) is 0 Å². The van der Waals surface area contributed by atoms with E-state index in [4.69, 9.17) is 5.26 Å².